The van der Waals surface area contributed by atoms with Gasteiger partial charge in [-0.3, -0.25) is 4.79 Å². The molecular formula is C20H19ClFN3OS. The van der Waals surface area contributed by atoms with Crippen molar-refractivity contribution >= 4 is 44.2 Å². The molecule has 0 aliphatic carbocycles. The molecule has 1 unspecified atom stereocenters. The van der Waals surface area contributed by atoms with E-state index in [0.29, 0.717) is 23.6 Å². The second kappa shape index (κ2) is 7.82. The van der Waals surface area contributed by atoms with Gasteiger partial charge >= 0.3 is 0 Å². The van der Waals surface area contributed by atoms with E-state index in [1.54, 1.807) is 6.07 Å². The number of carbonyl (C=O) groups is 1. The molecule has 7 heteroatoms. The van der Waals surface area contributed by atoms with Gasteiger partial charge in [0, 0.05) is 24.7 Å². The van der Waals surface area contributed by atoms with E-state index in [1.165, 1.54) is 17.4 Å². The normalized spacial score (nSPS) is 17.3. The standard InChI is InChI=1S/C20H19ClFN3OS/c21-15-7-2-1-5-13(15)11-23-19(26)14-6-4-10-25(12-14)20-24-18-16(22)8-3-9-17(18)27-20/h1-3,5,7-9,14H,4,6,10-12H2,(H,23,26). The van der Waals surface area contributed by atoms with Gasteiger partial charge in [-0.15, -0.1) is 0 Å². The number of hydrogen-bond acceptors (Lipinski definition) is 4. The van der Waals surface area contributed by atoms with E-state index in [-0.39, 0.29) is 17.6 Å². The van der Waals surface area contributed by atoms with Crippen molar-refractivity contribution in [2.75, 3.05) is 18.0 Å². The molecule has 1 aliphatic rings. The van der Waals surface area contributed by atoms with Crippen LogP contribution >= 0.6 is 22.9 Å². The van der Waals surface area contributed by atoms with Gasteiger partial charge in [0.25, 0.3) is 0 Å². The molecule has 0 saturated carbocycles. The number of carbonyl (C=O) groups excluding carboxylic acids is 1. The highest BCUT2D eigenvalue weighted by Gasteiger charge is 2.27. The second-order valence-corrected chi connectivity index (χ2v) is 8.09. The third kappa shape index (κ3) is 3.92. The van der Waals surface area contributed by atoms with Crippen molar-refractivity contribution in [1.29, 1.82) is 0 Å². The third-order valence-electron chi connectivity index (χ3n) is 4.83. The Kier molecular flexibility index (Phi) is 5.27. The van der Waals surface area contributed by atoms with Crippen molar-refractivity contribution in [2.24, 2.45) is 5.92 Å². The summed E-state index contributed by atoms with van der Waals surface area (Å²) < 4.78 is 14.7. The highest BCUT2D eigenvalue weighted by molar-refractivity contribution is 7.22. The summed E-state index contributed by atoms with van der Waals surface area (Å²) in [6, 6.07) is 12.5. The van der Waals surface area contributed by atoms with Crippen LogP contribution in [0.5, 0.6) is 0 Å². The first kappa shape index (κ1) is 18.2. The molecule has 3 aromatic rings. The highest BCUT2D eigenvalue weighted by atomic mass is 35.5. The van der Waals surface area contributed by atoms with E-state index in [2.05, 4.69) is 15.2 Å². The molecule has 2 heterocycles. The SMILES string of the molecule is O=C(NCc1ccccc1Cl)C1CCCN(c2nc3c(F)cccc3s2)C1. The molecule has 0 radical (unpaired) electrons. The van der Waals surface area contributed by atoms with Crippen molar-refractivity contribution in [2.45, 2.75) is 19.4 Å². The minimum Gasteiger partial charge on any atom is -0.352 e. The van der Waals surface area contributed by atoms with Gasteiger partial charge in [-0.05, 0) is 36.6 Å². The molecule has 4 rings (SSSR count). The lowest BCUT2D eigenvalue weighted by Crippen LogP contribution is -2.43. The number of halogens is 2. The average molecular weight is 404 g/mol. The van der Waals surface area contributed by atoms with Crippen LogP contribution in [-0.4, -0.2) is 24.0 Å². The molecule has 1 fully saturated rings. The number of nitrogens with one attached hydrogen (secondary N) is 1. The monoisotopic (exact) mass is 403 g/mol. The molecule has 1 N–H and O–H groups in total. The summed E-state index contributed by atoms with van der Waals surface area (Å²) in [5, 5.41) is 4.42. The van der Waals surface area contributed by atoms with Crippen molar-refractivity contribution in [3.8, 4) is 0 Å². The van der Waals surface area contributed by atoms with Gasteiger partial charge in [-0.25, -0.2) is 9.37 Å². The summed E-state index contributed by atoms with van der Waals surface area (Å²) in [5.41, 5.74) is 1.31. The fraction of sp³-hybridized carbons (Fsp3) is 0.300. The minimum atomic E-state index is -0.305. The van der Waals surface area contributed by atoms with Gasteiger partial charge in [0.2, 0.25) is 5.91 Å². The summed E-state index contributed by atoms with van der Waals surface area (Å²) in [6.45, 7) is 1.84. The number of nitrogens with zero attached hydrogens (tertiary/aromatic N) is 2. The second-order valence-electron chi connectivity index (χ2n) is 6.68. The van der Waals surface area contributed by atoms with Crippen LogP contribution in [0.25, 0.3) is 10.2 Å². The zero-order chi connectivity index (χ0) is 18.8. The maximum atomic E-state index is 13.9. The number of benzene rings is 2. The Hall–Kier alpha value is -2.18. The smallest absolute Gasteiger partial charge is 0.225 e. The number of aromatic nitrogens is 1. The number of thiazole rings is 1. The lowest BCUT2D eigenvalue weighted by atomic mass is 9.97. The summed E-state index contributed by atoms with van der Waals surface area (Å²) >= 11 is 7.62. The highest BCUT2D eigenvalue weighted by Crippen LogP contribution is 2.32. The number of hydrogen-bond donors (Lipinski definition) is 1. The van der Waals surface area contributed by atoms with Crippen LogP contribution in [0.15, 0.2) is 42.5 Å². The maximum Gasteiger partial charge on any atom is 0.225 e. The Morgan fingerprint density at radius 2 is 2.15 bits per heavy atom. The van der Waals surface area contributed by atoms with E-state index in [4.69, 9.17) is 11.6 Å². The van der Waals surface area contributed by atoms with Crippen LogP contribution < -0.4 is 10.2 Å². The van der Waals surface area contributed by atoms with E-state index in [9.17, 15) is 9.18 Å². The van der Waals surface area contributed by atoms with Gasteiger partial charge in [0.05, 0.1) is 10.6 Å². The van der Waals surface area contributed by atoms with Crippen LogP contribution in [-0.2, 0) is 11.3 Å². The van der Waals surface area contributed by atoms with E-state index in [0.717, 1.165) is 34.8 Å². The van der Waals surface area contributed by atoms with E-state index < -0.39 is 0 Å². The molecule has 1 atom stereocenters. The Bertz CT molecular complexity index is 977. The van der Waals surface area contributed by atoms with Gasteiger partial charge in [-0.2, -0.15) is 0 Å². The van der Waals surface area contributed by atoms with Gasteiger partial charge in [-0.1, -0.05) is 47.2 Å². The summed E-state index contributed by atoms with van der Waals surface area (Å²) in [6.07, 6.45) is 1.74. The van der Waals surface area contributed by atoms with E-state index in [1.807, 2.05) is 30.3 Å². The molecule has 140 valence electrons. The van der Waals surface area contributed by atoms with Crippen molar-refractivity contribution in [3.63, 3.8) is 0 Å². The van der Waals surface area contributed by atoms with Gasteiger partial charge in [0.15, 0.2) is 5.13 Å². The number of rotatable bonds is 4. The Morgan fingerprint density at radius 3 is 2.96 bits per heavy atom. The maximum absolute atomic E-state index is 13.9. The lowest BCUT2D eigenvalue weighted by molar-refractivity contribution is -0.125. The van der Waals surface area contributed by atoms with Crippen LogP contribution in [0.2, 0.25) is 5.02 Å². The first-order valence-electron chi connectivity index (χ1n) is 8.93. The zero-order valence-electron chi connectivity index (χ0n) is 14.6. The molecule has 1 aromatic heterocycles. The van der Waals surface area contributed by atoms with Gasteiger partial charge < -0.3 is 10.2 Å². The number of amides is 1. The molecule has 2 aromatic carbocycles. The van der Waals surface area contributed by atoms with Crippen LogP contribution in [0.3, 0.4) is 0 Å². The first-order chi connectivity index (χ1) is 13.1. The topological polar surface area (TPSA) is 45.2 Å². The summed E-state index contributed by atoms with van der Waals surface area (Å²) in [7, 11) is 0. The molecule has 0 spiro atoms. The third-order valence-corrected chi connectivity index (χ3v) is 6.28. The zero-order valence-corrected chi connectivity index (χ0v) is 16.2. The molecule has 1 aliphatic heterocycles. The molecule has 0 bridgehead atoms. The van der Waals surface area contributed by atoms with E-state index >= 15 is 0 Å². The molecule has 1 amide bonds. The fourth-order valence-corrected chi connectivity index (χ4v) is 4.59. The molecule has 4 nitrogen and oxygen atoms in total. The average Bonchev–Trinajstić information content (AvgIpc) is 3.13. The van der Waals surface area contributed by atoms with Crippen LogP contribution in [0, 0.1) is 11.7 Å². The van der Waals surface area contributed by atoms with Crippen molar-refractivity contribution in [1.82, 2.24) is 10.3 Å². The quantitative estimate of drug-likeness (QED) is 0.691. The predicted molar refractivity (Wildman–Crippen MR) is 108 cm³/mol. The van der Waals surface area contributed by atoms with Crippen molar-refractivity contribution in [3.05, 3.63) is 58.9 Å². The molecule has 27 heavy (non-hydrogen) atoms. The summed E-state index contributed by atoms with van der Waals surface area (Å²) in [5.74, 6) is -0.397. The number of anilines is 1. The largest absolute Gasteiger partial charge is 0.352 e. The van der Waals surface area contributed by atoms with Crippen LogP contribution in [0.4, 0.5) is 9.52 Å². The predicted octanol–water partition coefficient (Wildman–Crippen LogP) is 4.62. The lowest BCUT2D eigenvalue weighted by Gasteiger charge is -2.31. The Balaban J connectivity index is 1.43. The van der Waals surface area contributed by atoms with Crippen LogP contribution in [0.1, 0.15) is 18.4 Å². The van der Waals surface area contributed by atoms with Gasteiger partial charge in [0.1, 0.15) is 11.3 Å². The number of fused-ring (bicyclic) bond motifs is 1. The minimum absolute atomic E-state index is 0.0203. The summed E-state index contributed by atoms with van der Waals surface area (Å²) in [4.78, 5) is 19.2. The Morgan fingerprint density at radius 1 is 1.30 bits per heavy atom. The first-order valence-corrected chi connectivity index (χ1v) is 10.1. The number of para-hydroxylation sites is 1. The number of piperidine rings is 1. The molecule has 1 saturated heterocycles. The van der Waals surface area contributed by atoms with Crippen molar-refractivity contribution < 1.29 is 9.18 Å². The Labute approximate surface area is 166 Å². The fourth-order valence-electron chi connectivity index (χ4n) is 3.37. The molecular weight excluding hydrogens is 385 g/mol.